The van der Waals surface area contributed by atoms with E-state index in [4.69, 9.17) is 0 Å². The second kappa shape index (κ2) is 5.81. The zero-order valence-corrected chi connectivity index (χ0v) is 12.8. The van der Waals surface area contributed by atoms with Crippen LogP contribution in [-0.2, 0) is 0 Å². The molecule has 0 spiro atoms. The fraction of sp³-hybridized carbons (Fsp3) is 0.0500. The van der Waals surface area contributed by atoms with Crippen LogP contribution in [0, 0.1) is 5.82 Å². The lowest BCUT2D eigenvalue weighted by Gasteiger charge is -2.38. The second-order valence-electron chi connectivity index (χ2n) is 5.65. The van der Waals surface area contributed by atoms with Crippen LogP contribution in [0.1, 0.15) is 22.1 Å². The van der Waals surface area contributed by atoms with Gasteiger partial charge in [-0.15, -0.1) is 0 Å². The van der Waals surface area contributed by atoms with Gasteiger partial charge in [0.1, 0.15) is 12.0 Å². The van der Waals surface area contributed by atoms with E-state index in [0.717, 1.165) is 11.3 Å². The standard InChI is InChI=1S/C20H15FN2O/c21-15-10-12-16(13-11-15)23-19(14-6-2-1-3-7-14)22-18-9-5-4-8-17(18)20(23)24/h1-13,19,22H/t19-/m0/s1. The summed E-state index contributed by atoms with van der Waals surface area (Å²) in [6.07, 6.45) is -0.348. The van der Waals surface area contributed by atoms with Crippen LogP contribution in [0.25, 0.3) is 0 Å². The predicted octanol–water partition coefficient (Wildman–Crippen LogP) is 4.60. The quantitative estimate of drug-likeness (QED) is 0.749. The molecule has 0 saturated heterocycles. The lowest BCUT2D eigenvalue weighted by atomic mass is 10.0. The highest BCUT2D eigenvalue weighted by molar-refractivity contribution is 6.12. The van der Waals surface area contributed by atoms with Gasteiger partial charge >= 0.3 is 0 Å². The minimum atomic E-state index is -0.348. The average Bonchev–Trinajstić information content (AvgIpc) is 2.63. The molecule has 0 aromatic heterocycles. The molecule has 3 nitrogen and oxygen atoms in total. The van der Waals surface area contributed by atoms with Crippen LogP contribution in [0.3, 0.4) is 0 Å². The molecule has 24 heavy (non-hydrogen) atoms. The molecule has 1 N–H and O–H groups in total. The summed E-state index contributed by atoms with van der Waals surface area (Å²) >= 11 is 0. The van der Waals surface area contributed by atoms with Crippen molar-refractivity contribution < 1.29 is 9.18 Å². The number of hydrogen-bond donors (Lipinski definition) is 1. The molecule has 0 bridgehead atoms. The molecule has 0 saturated carbocycles. The SMILES string of the molecule is O=C1c2ccccc2N[C@H](c2ccccc2)N1c1ccc(F)cc1. The third-order valence-electron chi connectivity index (χ3n) is 4.15. The van der Waals surface area contributed by atoms with Gasteiger partial charge in [-0.25, -0.2) is 4.39 Å². The third kappa shape index (κ3) is 2.42. The number of hydrogen-bond acceptors (Lipinski definition) is 2. The molecule has 1 heterocycles. The first-order chi connectivity index (χ1) is 11.7. The van der Waals surface area contributed by atoms with Crippen LogP contribution in [-0.4, -0.2) is 5.91 Å². The van der Waals surface area contributed by atoms with Gasteiger partial charge in [0, 0.05) is 11.4 Å². The highest BCUT2D eigenvalue weighted by atomic mass is 19.1. The van der Waals surface area contributed by atoms with E-state index >= 15 is 0 Å². The van der Waals surface area contributed by atoms with Crippen molar-refractivity contribution in [1.29, 1.82) is 0 Å². The summed E-state index contributed by atoms with van der Waals surface area (Å²) in [5.74, 6) is -0.433. The van der Waals surface area contributed by atoms with Gasteiger partial charge in [-0.2, -0.15) is 0 Å². The number of carbonyl (C=O) groups excluding carboxylic acids is 1. The number of benzene rings is 3. The van der Waals surface area contributed by atoms with E-state index in [-0.39, 0.29) is 17.9 Å². The molecule has 118 valence electrons. The van der Waals surface area contributed by atoms with Gasteiger partial charge in [-0.05, 0) is 42.0 Å². The Morgan fingerprint density at radius 2 is 1.50 bits per heavy atom. The summed E-state index contributed by atoms with van der Waals surface area (Å²) in [6.45, 7) is 0. The molecule has 0 unspecified atom stereocenters. The van der Waals surface area contributed by atoms with Crippen molar-refractivity contribution in [3.8, 4) is 0 Å². The number of para-hydroxylation sites is 1. The monoisotopic (exact) mass is 318 g/mol. The highest BCUT2D eigenvalue weighted by Crippen LogP contribution is 2.36. The Labute approximate surface area is 139 Å². The Morgan fingerprint density at radius 3 is 2.25 bits per heavy atom. The molecule has 0 aliphatic carbocycles. The number of rotatable bonds is 2. The van der Waals surface area contributed by atoms with E-state index in [2.05, 4.69) is 5.32 Å². The van der Waals surface area contributed by atoms with Crippen molar-refractivity contribution in [2.75, 3.05) is 10.2 Å². The van der Waals surface area contributed by atoms with E-state index in [1.807, 2.05) is 48.5 Å². The zero-order chi connectivity index (χ0) is 16.5. The van der Waals surface area contributed by atoms with E-state index in [0.29, 0.717) is 11.3 Å². The van der Waals surface area contributed by atoms with Crippen LogP contribution >= 0.6 is 0 Å². The third-order valence-corrected chi connectivity index (χ3v) is 4.15. The van der Waals surface area contributed by atoms with Crippen molar-refractivity contribution in [2.24, 2.45) is 0 Å². The number of nitrogens with zero attached hydrogens (tertiary/aromatic N) is 1. The van der Waals surface area contributed by atoms with Crippen LogP contribution in [0.4, 0.5) is 15.8 Å². The van der Waals surface area contributed by atoms with Crippen molar-refractivity contribution in [2.45, 2.75) is 6.17 Å². The fourth-order valence-electron chi connectivity index (χ4n) is 2.99. The topological polar surface area (TPSA) is 32.3 Å². The van der Waals surface area contributed by atoms with Crippen molar-refractivity contribution in [1.82, 2.24) is 0 Å². The lowest BCUT2D eigenvalue weighted by molar-refractivity contribution is 0.0975. The molecule has 0 fully saturated rings. The first-order valence-corrected chi connectivity index (χ1v) is 7.74. The zero-order valence-electron chi connectivity index (χ0n) is 12.8. The smallest absolute Gasteiger partial charge is 0.262 e. The molecular formula is C20H15FN2O. The van der Waals surface area contributed by atoms with Gasteiger partial charge in [0.15, 0.2) is 0 Å². The van der Waals surface area contributed by atoms with Crippen molar-refractivity contribution in [3.63, 3.8) is 0 Å². The van der Waals surface area contributed by atoms with E-state index < -0.39 is 0 Å². The normalized spacial score (nSPS) is 16.5. The minimum absolute atomic E-state index is 0.107. The Morgan fingerprint density at radius 1 is 0.833 bits per heavy atom. The molecule has 4 rings (SSSR count). The molecule has 1 atom stereocenters. The summed E-state index contributed by atoms with van der Waals surface area (Å²) in [4.78, 5) is 14.7. The van der Waals surface area contributed by atoms with Crippen molar-refractivity contribution >= 4 is 17.3 Å². The Kier molecular flexibility index (Phi) is 3.50. The summed E-state index contributed by atoms with van der Waals surface area (Å²) in [6, 6.07) is 23.1. The number of fused-ring (bicyclic) bond motifs is 1. The molecule has 3 aromatic rings. The first-order valence-electron chi connectivity index (χ1n) is 7.74. The minimum Gasteiger partial charge on any atom is -0.360 e. The summed E-state index contributed by atoms with van der Waals surface area (Å²) in [7, 11) is 0. The Hall–Kier alpha value is -3.14. The Bertz CT molecular complexity index is 878. The summed E-state index contributed by atoms with van der Waals surface area (Å²) in [5.41, 5.74) is 3.02. The summed E-state index contributed by atoms with van der Waals surface area (Å²) < 4.78 is 13.3. The largest absolute Gasteiger partial charge is 0.360 e. The van der Waals surface area contributed by atoms with Crippen LogP contribution in [0.15, 0.2) is 78.9 Å². The predicted molar refractivity (Wildman–Crippen MR) is 92.5 cm³/mol. The average molecular weight is 318 g/mol. The molecule has 3 aromatic carbocycles. The van der Waals surface area contributed by atoms with Crippen LogP contribution < -0.4 is 10.2 Å². The molecule has 1 aliphatic heterocycles. The van der Waals surface area contributed by atoms with Crippen molar-refractivity contribution in [3.05, 3.63) is 95.8 Å². The number of nitrogens with one attached hydrogen (secondary N) is 1. The second-order valence-corrected chi connectivity index (χ2v) is 5.65. The lowest BCUT2D eigenvalue weighted by Crippen LogP contribution is -2.43. The van der Waals surface area contributed by atoms with E-state index in [1.54, 1.807) is 23.1 Å². The maximum Gasteiger partial charge on any atom is 0.262 e. The van der Waals surface area contributed by atoms with Gasteiger partial charge in [-0.3, -0.25) is 9.69 Å². The summed E-state index contributed by atoms with van der Waals surface area (Å²) in [5, 5.41) is 3.42. The molecule has 4 heteroatoms. The fourth-order valence-corrected chi connectivity index (χ4v) is 2.99. The van der Waals surface area contributed by atoms with E-state index in [9.17, 15) is 9.18 Å². The van der Waals surface area contributed by atoms with Gasteiger partial charge in [0.25, 0.3) is 5.91 Å². The highest BCUT2D eigenvalue weighted by Gasteiger charge is 2.33. The van der Waals surface area contributed by atoms with Gasteiger partial charge in [0.05, 0.1) is 5.56 Å². The number of carbonyl (C=O) groups is 1. The Balaban J connectivity index is 1.86. The number of halogens is 1. The number of amides is 1. The van der Waals surface area contributed by atoms with Crippen LogP contribution in [0.2, 0.25) is 0 Å². The van der Waals surface area contributed by atoms with Gasteiger partial charge in [0.2, 0.25) is 0 Å². The number of anilines is 2. The van der Waals surface area contributed by atoms with Crippen LogP contribution in [0.5, 0.6) is 0 Å². The van der Waals surface area contributed by atoms with E-state index in [1.165, 1.54) is 12.1 Å². The molecule has 1 aliphatic rings. The van der Waals surface area contributed by atoms with Gasteiger partial charge < -0.3 is 5.32 Å². The molecular weight excluding hydrogens is 303 g/mol. The van der Waals surface area contributed by atoms with Gasteiger partial charge in [-0.1, -0.05) is 42.5 Å². The first kappa shape index (κ1) is 14.5. The maximum atomic E-state index is 13.3. The maximum absolute atomic E-state index is 13.3. The molecule has 0 radical (unpaired) electrons. The molecule has 1 amide bonds.